The largest absolute Gasteiger partial charge is 0.501 e. The van der Waals surface area contributed by atoms with E-state index in [0.29, 0.717) is 17.8 Å². The Balaban J connectivity index is 2.54. The molecule has 2 aromatic rings. The van der Waals surface area contributed by atoms with Crippen molar-refractivity contribution in [2.75, 3.05) is 17.7 Å². The number of methoxy groups -OCH3 is 1. The van der Waals surface area contributed by atoms with E-state index in [9.17, 15) is 36.5 Å². The van der Waals surface area contributed by atoms with Crippen molar-refractivity contribution in [2.45, 2.75) is 17.3 Å². The van der Waals surface area contributed by atoms with E-state index in [-0.39, 0.29) is 23.0 Å². The third-order valence-corrected chi connectivity index (χ3v) is 5.05. The Morgan fingerprint density at radius 1 is 1.14 bits per heavy atom. The van der Waals surface area contributed by atoms with E-state index in [1.807, 2.05) is 0 Å². The number of hydrogen-bond acceptors (Lipinski definition) is 7. The summed E-state index contributed by atoms with van der Waals surface area (Å²) >= 11 is 0. The van der Waals surface area contributed by atoms with E-state index in [2.05, 4.69) is 10.6 Å². The number of nitrogens with one attached hydrogen (secondary N) is 2. The number of nitro groups is 1. The number of benzene rings is 2. The van der Waals surface area contributed by atoms with Gasteiger partial charge in [-0.25, -0.2) is 8.42 Å². The van der Waals surface area contributed by atoms with Crippen LogP contribution in [0.4, 0.5) is 35.9 Å². The Hall–Kier alpha value is -3.35. The minimum absolute atomic E-state index is 0.147. The summed E-state index contributed by atoms with van der Waals surface area (Å²) in [6.07, 6.45) is 0. The molecule has 0 heterocycles. The number of amides is 1. The lowest BCUT2D eigenvalue weighted by molar-refractivity contribution is -0.384. The maximum Gasteiger partial charge on any atom is 0.501 e. The number of carbonyl (C=O) groups excluding carboxylic acids is 1. The first kappa shape index (κ1) is 21.9. The standard InChI is InChI=1S/C16H14F3N3O6S/c1-9(23)20-10-3-6-15(28-2)13(7-10)21-12-5-4-11(8-14(12)22(24)25)29(26,27)16(17,18)19/h3-8,21H,1-2H3,(H,20,23). The number of nitrogens with zero attached hydrogens (tertiary/aromatic N) is 1. The van der Waals surface area contributed by atoms with Crippen molar-refractivity contribution in [3.8, 4) is 5.75 Å². The molecule has 0 aromatic heterocycles. The molecule has 2 rings (SSSR count). The van der Waals surface area contributed by atoms with Gasteiger partial charge in [-0.2, -0.15) is 13.2 Å². The van der Waals surface area contributed by atoms with Crippen LogP contribution in [0, 0.1) is 10.1 Å². The predicted molar refractivity (Wildman–Crippen MR) is 96.9 cm³/mol. The molecule has 0 saturated heterocycles. The summed E-state index contributed by atoms with van der Waals surface area (Å²) in [5, 5.41) is 16.4. The molecular formula is C16H14F3N3O6S. The fourth-order valence-electron chi connectivity index (χ4n) is 2.30. The molecule has 0 spiro atoms. The Kier molecular flexibility index (Phi) is 6.01. The van der Waals surface area contributed by atoms with Gasteiger partial charge in [-0.3, -0.25) is 14.9 Å². The van der Waals surface area contributed by atoms with Crippen LogP contribution in [0.1, 0.15) is 6.92 Å². The molecule has 2 N–H and O–H groups in total. The van der Waals surface area contributed by atoms with Gasteiger partial charge in [-0.15, -0.1) is 0 Å². The normalized spacial score (nSPS) is 11.6. The molecule has 0 aliphatic rings. The van der Waals surface area contributed by atoms with E-state index in [4.69, 9.17) is 4.74 Å². The molecular weight excluding hydrogens is 419 g/mol. The third kappa shape index (κ3) is 4.74. The second-order valence-electron chi connectivity index (χ2n) is 5.61. The van der Waals surface area contributed by atoms with Crippen molar-refractivity contribution in [2.24, 2.45) is 0 Å². The highest BCUT2D eigenvalue weighted by atomic mass is 32.2. The lowest BCUT2D eigenvalue weighted by Gasteiger charge is -2.14. The molecule has 1 amide bonds. The third-order valence-electron chi connectivity index (χ3n) is 3.57. The lowest BCUT2D eigenvalue weighted by atomic mass is 10.2. The summed E-state index contributed by atoms with van der Waals surface area (Å²) in [7, 11) is -4.45. The van der Waals surface area contributed by atoms with Gasteiger partial charge < -0.3 is 15.4 Å². The number of alkyl halides is 3. The molecule has 0 aliphatic heterocycles. The zero-order valence-corrected chi connectivity index (χ0v) is 15.7. The van der Waals surface area contributed by atoms with Crippen LogP contribution in [-0.4, -0.2) is 31.9 Å². The number of ether oxygens (including phenoxy) is 1. The molecule has 0 bridgehead atoms. The molecule has 9 nitrogen and oxygen atoms in total. The van der Waals surface area contributed by atoms with E-state index in [0.717, 1.165) is 6.07 Å². The average Bonchev–Trinajstić information content (AvgIpc) is 2.60. The Morgan fingerprint density at radius 3 is 2.31 bits per heavy atom. The van der Waals surface area contributed by atoms with Crippen LogP contribution in [0.15, 0.2) is 41.3 Å². The van der Waals surface area contributed by atoms with Crippen molar-refractivity contribution in [1.29, 1.82) is 0 Å². The minimum atomic E-state index is -5.76. The van der Waals surface area contributed by atoms with Gasteiger partial charge >= 0.3 is 5.51 Å². The number of rotatable bonds is 6. The van der Waals surface area contributed by atoms with Crippen molar-refractivity contribution in [3.05, 3.63) is 46.5 Å². The van der Waals surface area contributed by atoms with Crippen molar-refractivity contribution in [3.63, 3.8) is 0 Å². The summed E-state index contributed by atoms with van der Waals surface area (Å²) in [6.45, 7) is 1.27. The Morgan fingerprint density at radius 2 is 1.79 bits per heavy atom. The predicted octanol–water partition coefficient (Wildman–Crippen LogP) is 3.60. The minimum Gasteiger partial charge on any atom is -0.495 e. The zero-order valence-electron chi connectivity index (χ0n) is 14.9. The molecule has 13 heteroatoms. The molecule has 0 saturated carbocycles. The highest BCUT2D eigenvalue weighted by molar-refractivity contribution is 7.92. The summed E-state index contributed by atoms with van der Waals surface area (Å²) in [6, 6.07) is 6.07. The summed E-state index contributed by atoms with van der Waals surface area (Å²) in [5.41, 5.74) is -6.32. The number of hydrogen-bond donors (Lipinski definition) is 2. The van der Waals surface area contributed by atoms with Gasteiger partial charge in [0.25, 0.3) is 15.5 Å². The van der Waals surface area contributed by atoms with Gasteiger partial charge in [-0.1, -0.05) is 0 Å². The zero-order chi connectivity index (χ0) is 22.0. The summed E-state index contributed by atoms with van der Waals surface area (Å²) in [5.74, 6) is -0.172. The first-order valence-electron chi connectivity index (χ1n) is 7.69. The molecule has 0 fully saturated rings. The number of anilines is 3. The van der Waals surface area contributed by atoms with Gasteiger partial charge in [0.2, 0.25) is 5.91 Å². The van der Waals surface area contributed by atoms with Crippen LogP contribution in [0.25, 0.3) is 0 Å². The molecule has 0 unspecified atom stereocenters. The first-order valence-corrected chi connectivity index (χ1v) is 9.17. The average molecular weight is 433 g/mol. The fraction of sp³-hybridized carbons (Fsp3) is 0.188. The van der Waals surface area contributed by atoms with Gasteiger partial charge in [0.05, 0.1) is 22.6 Å². The van der Waals surface area contributed by atoms with Crippen LogP contribution >= 0.6 is 0 Å². The topological polar surface area (TPSA) is 128 Å². The molecule has 0 aliphatic carbocycles. The molecule has 0 atom stereocenters. The van der Waals surface area contributed by atoms with E-state index >= 15 is 0 Å². The number of nitro benzene ring substituents is 1. The summed E-state index contributed by atoms with van der Waals surface area (Å²) in [4.78, 5) is 20.2. The number of sulfone groups is 1. The number of halogens is 3. The van der Waals surface area contributed by atoms with E-state index < -0.39 is 30.9 Å². The van der Waals surface area contributed by atoms with Crippen molar-refractivity contribution >= 4 is 38.5 Å². The molecule has 2 aromatic carbocycles. The van der Waals surface area contributed by atoms with Crippen LogP contribution in [0.3, 0.4) is 0 Å². The van der Waals surface area contributed by atoms with Crippen LogP contribution in [0.2, 0.25) is 0 Å². The van der Waals surface area contributed by atoms with Crippen LogP contribution in [-0.2, 0) is 14.6 Å². The van der Waals surface area contributed by atoms with Crippen molar-refractivity contribution < 1.29 is 36.0 Å². The fourth-order valence-corrected chi connectivity index (χ4v) is 3.08. The SMILES string of the molecule is COc1ccc(NC(C)=O)cc1Nc1ccc(S(=O)(=O)C(F)(F)F)cc1[N+](=O)[O-]. The van der Waals surface area contributed by atoms with E-state index in [1.165, 1.54) is 32.2 Å². The van der Waals surface area contributed by atoms with E-state index in [1.54, 1.807) is 0 Å². The Bertz CT molecular complexity index is 1070. The lowest BCUT2D eigenvalue weighted by Crippen LogP contribution is -2.23. The highest BCUT2D eigenvalue weighted by Gasteiger charge is 2.47. The molecule has 156 valence electrons. The Labute approximate surface area is 162 Å². The van der Waals surface area contributed by atoms with Gasteiger partial charge in [0.15, 0.2) is 0 Å². The maximum atomic E-state index is 12.7. The second kappa shape index (κ2) is 7.95. The van der Waals surface area contributed by atoms with Crippen molar-refractivity contribution in [1.82, 2.24) is 0 Å². The van der Waals surface area contributed by atoms with Crippen LogP contribution < -0.4 is 15.4 Å². The van der Waals surface area contributed by atoms with Crippen LogP contribution in [0.5, 0.6) is 5.75 Å². The molecule has 29 heavy (non-hydrogen) atoms. The second-order valence-corrected chi connectivity index (χ2v) is 7.55. The summed E-state index contributed by atoms with van der Waals surface area (Å²) < 4.78 is 66.3. The van der Waals surface area contributed by atoms with Gasteiger partial charge in [0, 0.05) is 18.7 Å². The first-order chi connectivity index (χ1) is 13.4. The van der Waals surface area contributed by atoms with Gasteiger partial charge in [0.1, 0.15) is 11.4 Å². The highest BCUT2D eigenvalue weighted by Crippen LogP contribution is 2.38. The van der Waals surface area contributed by atoms with Gasteiger partial charge in [-0.05, 0) is 30.3 Å². The smallest absolute Gasteiger partial charge is 0.495 e. The maximum absolute atomic E-state index is 12.7. The monoisotopic (exact) mass is 433 g/mol. The number of carbonyl (C=O) groups is 1. The molecule has 0 radical (unpaired) electrons. The quantitative estimate of drug-likeness (QED) is 0.526.